The van der Waals surface area contributed by atoms with Crippen LogP contribution in [0.2, 0.25) is 5.02 Å². The Bertz CT molecular complexity index is 1140. The Morgan fingerprint density at radius 3 is 2.41 bits per heavy atom. The Morgan fingerprint density at radius 2 is 1.78 bits per heavy atom. The number of carbonyl (C=O) groups is 2. The summed E-state index contributed by atoms with van der Waals surface area (Å²) >= 11 is 12.1. The number of nitrogens with zero attached hydrogens (tertiary/aromatic N) is 3. The number of hydrogen-bond acceptors (Lipinski definition) is 6. The normalized spacial score (nSPS) is 18.9. The zero-order valence-electron chi connectivity index (χ0n) is 21.4. The summed E-state index contributed by atoms with van der Waals surface area (Å²) in [7, 11) is 3.12. The molecule has 198 valence electrons. The lowest BCUT2D eigenvalue weighted by molar-refractivity contribution is -0.124. The Labute approximate surface area is 228 Å². The van der Waals surface area contributed by atoms with Gasteiger partial charge in [-0.1, -0.05) is 18.5 Å². The highest BCUT2D eigenvalue weighted by atomic mass is 35.5. The molecule has 37 heavy (non-hydrogen) atoms. The van der Waals surface area contributed by atoms with E-state index < -0.39 is 6.04 Å². The SMILES string of the molecule is COc1ccc(NC(=O)C[C@@H]2C(=O)N(c3ccc(OC)c(Cl)c3)C(=S)N2CCN2CCC(C)CC2)cc1. The number of carbonyl (C=O) groups excluding carboxylic acids is 2. The van der Waals surface area contributed by atoms with Crippen LogP contribution in [0.3, 0.4) is 0 Å². The van der Waals surface area contributed by atoms with Gasteiger partial charge in [-0.3, -0.25) is 14.5 Å². The monoisotopic (exact) mass is 544 g/mol. The lowest BCUT2D eigenvalue weighted by atomic mass is 9.99. The predicted octanol–water partition coefficient (Wildman–Crippen LogP) is 4.42. The first kappa shape index (κ1) is 27.2. The van der Waals surface area contributed by atoms with Crippen molar-refractivity contribution < 1.29 is 19.1 Å². The minimum Gasteiger partial charge on any atom is -0.497 e. The fourth-order valence-electron chi connectivity index (χ4n) is 4.72. The lowest BCUT2D eigenvalue weighted by Gasteiger charge is -2.32. The van der Waals surface area contributed by atoms with Gasteiger partial charge in [0.25, 0.3) is 5.91 Å². The Morgan fingerprint density at radius 1 is 1.08 bits per heavy atom. The van der Waals surface area contributed by atoms with Crippen LogP contribution in [0.25, 0.3) is 0 Å². The summed E-state index contributed by atoms with van der Waals surface area (Å²) in [6.07, 6.45) is 2.30. The third-order valence-corrected chi connectivity index (χ3v) is 7.71. The van der Waals surface area contributed by atoms with Crippen LogP contribution in [0.1, 0.15) is 26.2 Å². The molecule has 0 radical (unpaired) electrons. The van der Waals surface area contributed by atoms with Crippen molar-refractivity contribution in [1.82, 2.24) is 9.80 Å². The first-order valence-corrected chi connectivity index (χ1v) is 13.2. The summed E-state index contributed by atoms with van der Waals surface area (Å²) < 4.78 is 10.4. The quantitative estimate of drug-likeness (QED) is 0.468. The molecule has 2 aliphatic rings. The van der Waals surface area contributed by atoms with E-state index in [1.165, 1.54) is 12.0 Å². The fourth-order valence-corrected chi connectivity index (χ4v) is 5.38. The van der Waals surface area contributed by atoms with Gasteiger partial charge in [-0.2, -0.15) is 0 Å². The zero-order valence-corrected chi connectivity index (χ0v) is 23.0. The van der Waals surface area contributed by atoms with E-state index in [4.69, 9.17) is 33.3 Å². The number of ether oxygens (including phenoxy) is 2. The van der Waals surface area contributed by atoms with E-state index in [0.29, 0.717) is 39.6 Å². The van der Waals surface area contributed by atoms with Crippen molar-refractivity contribution in [2.24, 2.45) is 5.92 Å². The highest BCUT2D eigenvalue weighted by Crippen LogP contribution is 2.33. The molecule has 0 aromatic heterocycles. The molecule has 0 aliphatic carbocycles. The number of benzene rings is 2. The summed E-state index contributed by atoms with van der Waals surface area (Å²) in [6.45, 7) is 5.65. The zero-order chi connectivity index (χ0) is 26.5. The average Bonchev–Trinajstić information content (AvgIpc) is 3.12. The molecule has 10 heteroatoms. The molecule has 2 aromatic carbocycles. The highest BCUT2D eigenvalue weighted by molar-refractivity contribution is 7.80. The minimum atomic E-state index is -0.713. The Hall–Kier alpha value is -2.88. The van der Waals surface area contributed by atoms with Crippen LogP contribution >= 0.6 is 23.8 Å². The molecule has 2 saturated heterocycles. The van der Waals surface area contributed by atoms with E-state index >= 15 is 0 Å². The average molecular weight is 545 g/mol. The first-order chi connectivity index (χ1) is 17.8. The van der Waals surface area contributed by atoms with Gasteiger partial charge < -0.3 is 24.6 Å². The molecule has 0 saturated carbocycles. The maximum Gasteiger partial charge on any atom is 0.256 e. The number of rotatable bonds is 9. The van der Waals surface area contributed by atoms with Crippen LogP contribution in [0.4, 0.5) is 11.4 Å². The van der Waals surface area contributed by atoms with Gasteiger partial charge in [-0.25, -0.2) is 0 Å². The number of piperidine rings is 1. The van der Waals surface area contributed by atoms with E-state index in [9.17, 15) is 9.59 Å². The van der Waals surface area contributed by atoms with Gasteiger partial charge in [0.15, 0.2) is 5.11 Å². The van der Waals surface area contributed by atoms with Crippen LogP contribution in [-0.4, -0.2) is 73.2 Å². The predicted molar refractivity (Wildman–Crippen MR) is 150 cm³/mol. The third-order valence-electron chi connectivity index (χ3n) is 7.00. The molecule has 2 aromatic rings. The second-order valence-electron chi connectivity index (χ2n) is 9.49. The second kappa shape index (κ2) is 12.1. The lowest BCUT2D eigenvalue weighted by Crippen LogP contribution is -2.44. The van der Waals surface area contributed by atoms with Gasteiger partial charge >= 0.3 is 0 Å². The van der Waals surface area contributed by atoms with Crippen LogP contribution in [0.15, 0.2) is 42.5 Å². The molecule has 4 rings (SSSR count). The number of hydrogen-bond donors (Lipinski definition) is 1. The van der Waals surface area contributed by atoms with E-state index in [1.54, 1.807) is 49.6 Å². The van der Waals surface area contributed by atoms with Crippen LogP contribution in [0, 0.1) is 5.92 Å². The number of halogens is 1. The molecule has 2 amide bonds. The number of thiocarbonyl (C=S) groups is 1. The van der Waals surface area contributed by atoms with Crippen molar-refractivity contribution in [2.45, 2.75) is 32.2 Å². The standard InChI is InChI=1S/C27H33ClN4O4S/c1-18-10-12-30(13-11-18)14-15-31-23(17-25(33)29-19-4-7-21(35-2)8-5-19)26(34)32(27(31)37)20-6-9-24(36-3)22(28)16-20/h4-9,16,18,23H,10-15,17H2,1-3H3,(H,29,33)/t23-/m1/s1. The minimum absolute atomic E-state index is 0.0254. The summed E-state index contributed by atoms with van der Waals surface area (Å²) in [6, 6.07) is 11.5. The topological polar surface area (TPSA) is 74.3 Å². The van der Waals surface area contributed by atoms with Crippen molar-refractivity contribution in [3.05, 3.63) is 47.5 Å². The molecule has 0 spiro atoms. The first-order valence-electron chi connectivity index (χ1n) is 12.4. The van der Waals surface area contributed by atoms with Crippen molar-refractivity contribution in [3.63, 3.8) is 0 Å². The van der Waals surface area contributed by atoms with Crippen molar-refractivity contribution in [3.8, 4) is 11.5 Å². The molecular weight excluding hydrogens is 512 g/mol. The van der Waals surface area contributed by atoms with Gasteiger partial charge in [-0.05, 0) is 86.5 Å². The maximum atomic E-state index is 13.7. The Balaban J connectivity index is 1.52. The van der Waals surface area contributed by atoms with E-state index in [1.807, 2.05) is 4.90 Å². The molecule has 2 aliphatic heterocycles. The summed E-state index contributed by atoms with van der Waals surface area (Å²) in [4.78, 5) is 32.4. The summed E-state index contributed by atoms with van der Waals surface area (Å²) in [5, 5.41) is 3.64. The fraction of sp³-hybridized carbons (Fsp3) is 0.444. The van der Waals surface area contributed by atoms with E-state index in [-0.39, 0.29) is 18.2 Å². The van der Waals surface area contributed by atoms with Crippen molar-refractivity contribution in [2.75, 3.05) is 50.6 Å². The van der Waals surface area contributed by atoms with Gasteiger partial charge in [-0.15, -0.1) is 0 Å². The van der Waals surface area contributed by atoms with Crippen molar-refractivity contribution >= 4 is 52.1 Å². The summed E-state index contributed by atoms with van der Waals surface area (Å²) in [5.41, 5.74) is 1.18. The van der Waals surface area contributed by atoms with Gasteiger partial charge in [0.1, 0.15) is 17.5 Å². The number of amides is 2. The molecule has 0 bridgehead atoms. The van der Waals surface area contributed by atoms with Crippen LogP contribution < -0.4 is 19.7 Å². The van der Waals surface area contributed by atoms with Crippen LogP contribution in [0.5, 0.6) is 11.5 Å². The van der Waals surface area contributed by atoms with Gasteiger partial charge in [0, 0.05) is 18.8 Å². The number of likely N-dealkylation sites (tertiary alicyclic amines) is 1. The van der Waals surface area contributed by atoms with E-state index in [0.717, 1.165) is 38.4 Å². The molecule has 0 unspecified atom stereocenters. The molecule has 1 N–H and O–H groups in total. The van der Waals surface area contributed by atoms with Gasteiger partial charge in [0.05, 0.1) is 31.4 Å². The molecule has 8 nitrogen and oxygen atoms in total. The molecule has 1 atom stereocenters. The van der Waals surface area contributed by atoms with Crippen LogP contribution in [-0.2, 0) is 9.59 Å². The second-order valence-corrected chi connectivity index (χ2v) is 10.3. The maximum absolute atomic E-state index is 13.7. The number of anilines is 2. The van der Waals surface area contributed by atoms with E-state index in [2.05, 4.69) is 17.1 Å². The highest BCUT2D eigenvalue weighted by Gasteiger charge is 2.44. The third kappa shape index (κ3) is 6.34. The smallest absolute Gasteiger partial charge is 0.256 e. The molecular formula is C27H33ClN4O4S. The molecule has 2 fully saturated rings. The van der Waals surface area contributed by atoms with Gasteiger partial charge in [0.2, 0.25) is 5.91 Å². The largest absolute Gasteiger partial charge is 0.497 e. The Kier molecular flexibility index (Phi) is 8.89. The number of nitrogens with one attached hydrogen (secondary N) is 1. The van der Waals surface area contributed by atoms with Crippen molar-refractivity contribution in [1.29, 1.82) is 0 Å². The summed E-state index contributed by atoms with van der Waals surface area (Å²) in [5.74, 6) is 1.42. The number of methoxy groups -OCH3 is 2. The molecule has 2 heterocycles.